The maximum absolute atomic E-state index is 12.6. The fourth-order valence-electron chi connectivity index (χ4n) is 4.36. The molecule has 0 unspecified atom stereocenters. The van der Waals surface area contributed by atoms with Gasteiger partial charge in [-0.25, -0.2) is 9.80 Å². The van der Waals surface area contributed by atoms with Crippen molar-refractivity contribution in [1.29, 1.82) is 0 Å². The molecule has 9 nitrogen and oxygen atoms in total. The Morgan fingerprint density at radius 3 is 2.70 bits per heavy atom. The number of carbonyl (C=O) groups excluding carboxylic acids is 1. The van der Waals surface area contributed by atoms with Gasteiger partial charge in [0.25, 0.3) is 5.56 Å². The van der Waals surface area contributed by atoms with Crippen molar-refractivity contribution in [3.8, 4) is 5.88 Å². The molecule has 1 atom stereocenters. The van der Waals surface area contributed by atoms with Gasteiger partial charge >= 0.3 is 5.69 Å². The zero-order chi connectivity index (χ0) is 21.3. The van der Waals surface area contributed by atoms with Crippen LogP contribution in [0, 0.1) is 0 Å². The maximum atomic E-state index is 12.6. The summed E-state index contributed by atoms with van der Waals surface area (Å²) < 4.78 is 1.28. The highest BCUT2D eigenvalue weighted by Gasteiger charge is 2.35. The Hall–Kier alpha value is -3.23. The van der Waals surface area contributed by atoms with Crippen molar-refractivity contribution in [1.82, 2.24) is 19.5 Å². The van der Waals surface area contributed by atoms with Gasteiger partial charge in [0.1, 0.15) is 5.56 Å². The molecule has 1 saturated carbocycles. The summed E-state index contributed by atoms with van der Waals surface area (Å²) in [5, 5.41) is 16.7. The second kappa shape index (κ2) is 8.25. The monoisotopic (exact) mass is 411 g/mol. The van der Waals surface area contributed by atoms with Gasteiger partial charge in [-0.1, -0.05) is 32.3 Å². The van der Waals surface area contributed by atoms with E-state index in [1.807, 2.05) is 6.07 Å². The van der Waals surface area contributed by atoms with Crippen molar-refractivity contribution in [3.05, 3.63) is 56.5 Å². The molecule has 30 heavy (non-hydrogen) atoms. The number of hydrazone groups is 1. The highest BCUT2D eigenvalue weighted by molar-refractivity contribution is 6.04. The molecular weight excluding hydrogens is 386 g/mol. The van der Waals surface area contributed by atoms with E-state index in [1.54, 1.807) is 25.4 Å². The number of amides is 1. The van der Waals surface area contributed by atoms with Crippen molar-refractivity contribution < 1.29 is 9.90 Å². The SMILES string of the molecule is CCC(=O)N1N=C(c2c(O)n(C3CCCCC3)c(=O)[nH]c2=O)C[C@H]1c1cccnc1. The molecule has 3 heterocycles. The number of hydrogen-bond donors (Lipinski definition) is 2. The van der Waals surface area contributed by atoms with E-state index < -0.39 is 17.3 Å². The first kappa shape index (κ1) is 20.1. The number of aromatic amines is 1. The van der Waals surface area contributed by atoms with Crippen LogP contribution in [0.5, 0.6) is 5.88 Å². The van der Waals surface area contributed by atoms with Gasteiger partial charge in [0.05, 0.1) is 11.8 Å². The Kier molecular flexibility index (Phi) is 5.52. The Labute approximate surface area is 173 Å². The molecule has 1 amide bonds. The summed E-state index contributed by atoms with van der Waals surface area (Å²) in [5.74, 6) is -0.569. The Morgan fingerprint density at radius 2 is 2.03 bits per heavy atom. The summed E-state index contributed by atoms with van der Waals surface area (Å²) in [6, 6.07) is 3.04. The van der Waals surface area contributed by atoms with Crippen LogP contribution in [-0.4, -0.2) is 36.3 Å². The van der Waals surface area contributed by atoms with E-state index in [0.717, 1.165) is 37.7 Å². The zero-order valence-corrected chi connectivity index (χ0v) is 16.9. The van der Waals surface area contributed by atoms with Crippen LogP contribution in [0.2, 0.25) is 0 Å². The number of hydrogen-bond acceptors (Lipinski definition) is 6. The van der Waals surface area contributed by atoms with Gasteiger partial charge in [-0.2, -0.15) is 5.10 Å². The van der Waals surface area contributed by atoms with Crippen LogP contribution in [0.1, 0.15) is 75.1 Å². The predicted molar refractivity (Wildman–Crippen MR) is 110 cm³/mol. The fraction of sp³-hybridized carbons (Fsp3) is 0.476. The summed E-state index contributed by atoms with van der Waals surface area (Å²) in [6.45, 7) is 1.74. The van der Waals surface area contributed by atoms with E-state index in [1.165, 1.54) is 9.58 Å². The molecule has 2 aliphatic rings. The largest absolute Gasteiger partial charge is 0.494 e. The molecule has 2 N–H and O–H groups in total. The number of aromatic nitrogens is 3. The molecule has 1 fully saturated rings. The van der Waals surface area contributed by atoms with Crippen LogP contribution in [0.4, 0.5) is 0 Å². The first-order chi connectivity index (χ1) is 14.5. The smallest absolute Gasteiger partial charge is 0.331 e. The minimum Gasteiger partial charge on any atom is -0.494 e. The van der Waals surface area contributed by atoms with Crippen molar-refractivity contribution in [2.45, 2.75) is 64.0 Å². The zero-order valence-electron chi connectivity index (χ0n) is 16.9. The van der Waals surface area contributed by atoms with E-state index in [0.29, 0.717) is 0 Å². The molecule has 1 aliphatic heterocycles. The van der Waals surface area contributed by atoms with Crippen LogP contribution in [-0.2, 0) is 4.79 Å². The molecule has 9 heteroatoms. The first-order valence-electron chi connectivity index (χ1n) is 10.4. The number of carbonyl (C=O) groups is 1. The van der Waals surface area contributed by atoms with Crippen molar-refractivity contribution >= 4 is 11.6 Å². The van der Waals surface area contributed by atoms with Crippen LogP contribution in [0.15, 0.2) is 39.2 Å². The highest BCUT2D eigenvalue weighted by Crippen LogP contribution is 2.35. The van der Waals surface area contributed by atoms with E-state index in [4.69, 9.17) is 0 Å². The molecule has 0 saturated heterocycles. The van der Waals surface area contributed by atoms with Gasteiger partial charge in [0.15, 0.2) is 0 Å². The number of H-pyrrole nitrogens is 1. The number of aromatic hydroxyl groups is 1. The average molecular weight is 411 g/mol. The summed E-state index contributed by atoms with van der Waals surface area (Å²) in [7, 11) is 0. The van der Waals surface area contributed by atoms with Gasteiger partial charge in [-0.15, -0.1) is 0 Å². The average Bonchev–Trinajstić information content (AvgIpc) is 3.19. The van der Waals surface area contributed by atoms with Crippen molar-refractivity contribution in [2.75, 3.05) is 0 Å². The second-order valence-corrected chi connectivity index (χ2v) is 7.76. The fourth-order valence-corrected chi connectivity index (χ4v) is 4.36. The molecule has 2 aromatic heterocycles. The van der Waals surface area contributed by atoms with Gasteiger partial charge in [-0.3, -0.25) is 24.1 Å². The van der Waals surface area contributed by atoms with Crippen LogP contribution < -0.4 is 11.2 Å². The maximum Gasteiger partial charge on any atom is 0.331 e. The lowest BCUT2D eigenvalue weighted by atomic mass is 9.95. The second-order valence-electron chi connectivity index (χ2n) is 7.76. The number of pyridine rings is 1. The van der Waals surface area contributed by atoms with E-state index in [9.17, 15) is 19.5 Å². The summed E-state index contributed by atoms with van der Waals surface area (Å²) in [4.78, 5) is 44.1. The van der Waals surface area contributed by atoms with E-state index in [-0.39, 0.29) is 41.9 Å². The number of rotatable bonds is 4. The Bertz CT molecular complexity index is 1080. The molecule has 4 rings (SSSR count). The third kappa shape index (κ3) is 3.55. The third-order valence-electron chi connectivity index (χ3n) is 5.88. The van der Waals surface area contributed by atoms with Crippen LogP contribution >= 0.6 is 0 Å². The summed E-state index contributed by atoms with van der Waals surface area (Å²) >= 11 is 0. The molecule has 2 aromatic rings. The van der Waals surface area contributed by atoms with E-state index >= 15 is 0 Å². The molecule has 0 spiro atoms. The Morgan fingerprint density at radius 1 is 1.27 bits per heavy atom. The van der Waals surface area contributed by atoms with Gasteiger partial charge in [0, 0.05) is 31.3 Å². The Balaban J connectivity index is 1.79. The third-order valence-corrected chi connectivity index (χ3v) is 5.88. The van der Waals surface area contributed by atoms with Crippen molar-refractivity contribution in [3.63, 3.8) is 0 Å². The first-order valence-corrected chi connectivity index (χ1v) is 10.4. The van der Waals surface area contributed by atoms with Crippen molar-refractivity contribution in [2.24, 2.45) is 5.10 Å². The topological polar surface area (TPSA) is 121 Å². The van der Waals surface area contributed by atoms with Crippen LogP contribution in [0.25, 0.3) is 0 Å². The lowest BCUT2D eigenvalue weighted by Crippen LogP contribution is -2.36. The molecule has 158 valence electrons. The minimum atomic E-state index is -0.695. The van der Waals surface area contributed by atoms with Gasteiger partial charge in [-0.05, 0) is 24.5 Å². The number of nitrogens with one attached hydrogen (secondary N) is 1. The standard InChI is InChI=1S/C21H25N5O4/c1-2-17(27)26-16(13-7-6-10-22-12-13)11-15(24-26)18-19(28)23-21(30)25(20(18)29)14-8-4-3-5-9-14/h6-7,10,12,14,16,29H,2-5,8-9,11H2,1H3,(H,23,28,30)/t16-/m0/s1. The van der Waals surface area contributed by atoms with E-state index in [2.05, 4.69) is 15.1 Å². The van der Waals surface area contributed by atoms with Crippen LogP contribution in [0.3, 0.4) is 0 Å². The summed E-state index contributed by atoms with van der Waals surface area (Å²) in [5.41, 5.74) is -0.278. The lowest BCUT2D eigenvalue weighted by molar-refractivity contribution is -0.132. The number of nitrogens with zero attached hydrogens (tertiary/aromatic N) is 4. The predicted octanol–water partition coefficient (Wildman–Crippen LogP) is 2.23. The molecule has 0 bridgehead atoms. The van der Waals surface area contributed by atoms with Gasteiger partial charge < -0.3 is 5.11 Å². The summed E-state index contributed by atoms with van der Waals surface area (Å²) in [6.07, 6.45) is 8.36. The molecular formula is C21H25N5O4. The van der Waals surface area contributed by atoms with Gasteiger partial charge in [0.2, 0.25) is 11.8 Å². The molecule has 0 aromatic carbocycles. The normalized spacial score (nSPS) is 19.7. The lowest BCUT2D eigenvalue weighted by Gasteiger charge is -2.25. The highest BCUT2D eigenvalue weighted by atomic mass is 16.3. The minimum absolute atomic E-state index is 0.0412. The molecule has 0 radical (unpaired) electrons. The molecule has 1 aliphatic carbocycles. The quantitative estimate of drug-likeness (QED) is 0.799.